The molecule has 2 saturated heterocycles. The van der Waals surface area contributed by atoms with E-state index in [1.807, 2.05) is 11.8 Å². The molecule has 4 rings (SSSR count). The van der Waals surface area contributed by atoms with Gasteiger partial charge in [0, 0.05) is 37.9 Å². The van der Waals surface area contributed by atoms with Crippen LogP contribution in [0.5, 0.6) is 0 Å². The predicted molar refractivity (Wildman–Crippen MR) is 110 cm³/mol. The monoisotopic (exact) mass is 385 g/mol. The summed E-state index contributed by atoms with van der Waals surface area (Å²) in [7, 11) is 0. The van der Waals surface area contributed by atoms with E-state index in [-0.39, 0.29) is 4.75 Å². The summed E-state index contributed by atoms with van der Waals surface area (Å²) in [5, 5.41) is 0. The quantitative estimate of drug-likeness (QED) is 0.801. The SMILES string of the molecule is CSC1(c2cc(N3CCOCC3)nc(-c3ccc(C)cc3)n2)CCOCC1. The van der Waals surface area contributed by atoms with Crippen molar-refractivity contribution in [1.29, 1.82) is 0 Å². The van der Waals surface area contributed by atoms with Crippen LogP contribution in [0.4, 0.5) is 5.82 Å². The van der Waals surface area contributed by atoms with E-state index in [1.54, 1.807) is 0 Å². The Balaban J connectivity index is 1.79. The van der Waals surface area contributed by atoms with E-state index in [9.17, 15) is 0 Å². The molecule has 1 aromatic carbocycles. The van der Waals surface area contributed by atoms with Crippen molar-refractivity contribution in [3.63, 3.8) is 0 Å². The van der Waals surface area contributed by atoms with Crippen molar-refractivity contribution < 1.29 is 9.47 Å². The van der Waals surface area contributed by atoms with Gasteiger partial charge in [0.15, 0.2) is 5.82 Å². The summed E-state index contributed by atoms with van der Waals surface area (Å²) in [6.45, 7) is 6.93. The molecular weight excluding hydrogens is 358 g/mol. The molecule has 0 radical (unpaired) electrons. The molecule has 0 unspecified atom stereocenters. The molecule has 2 aromatic rings. The number of morpholine rings is 1. The van der Waals surface area contributed by atoms with Crippen LogP contribution in [0.1, 0.15) is 24.1 Å². The van der Waals surface area contributed by atoms with Crippen LogP contribution in [0.3, 0.4) is 0 Å². The first-order valence-electron chi connectivity index (χ1n) is 9.62. The van der Waals surface area contributed by atoms with Crippen LogP contribution in [0.2, 0.25) is 0 Å². The smallest absolute Gasteiger partial charge is 0.161 e. The summed E-state index contributed by atoms with van der Waals surface area (Å²) < 4.78 is 11.2. The second-order valence-corrected chi connectivity index (χ2v) is 8.40. The van der Waals surface area contributed by atoms with E-state index in [4.69, 9.17) is 19.4 Å². The average molecular weight is 386 g/mol. The van der Waals surface area contributed by atoms with E-state index in [2.05, 4.69) is 48.4 Å². The van der Waals surface area contributed by atoms with Crippen LogP contribution >= 0.6 is 11.8 Å². The molecule has 144 valence electrons. The van der Waals surface area contributed by atoms with E-state index in [0.29, 0.717) is 0 Å². The Morgan fingerprint density at radius 1 is 0.963 bits per heavy atom. The normalized spacial score (nSPS) is 19.9. The minimum Gasteiger partial charge on any atom is -0.381 e. The molecule has 2 aliphatic rings. The molecule has 2 fully saturated rings. The molecule has 27 heavy (non-hydrogen) atoms. The topological polar surface area (TPSA) is 47.5 Å². The van der Waals surface area contributed by atoms with Crippen LogP contribution in [0, 0.1) is 6.92 Å². The number of hydrogen-bond acceptors (Lipinski definition) is 6. The van der Waals surface area contributed by atoms with Gasteiger partial charge in [-0.05, 0) is 26.0 Å². The van der Waals surface area contributed by atoms with Crippen molar-refractivity contribution in [2.75, 3.05) is 50.7 Å². The van der Waals surface area contributed by atoms with Gasteiger partial charge in [-0.3, -0.25) is 0 Å². The number of aromatic nitrogens is 2. The number of nitrogens with zero attached hydrogens (tertiary/aromatic N) is 3. The van der Waals surface area contributed by atoms with Crippen molar-refractivity contribution in [3.8, 4) is 11.4 Å². The summed E-state index contributed by atoms with van der Waals surface area (Å²) >= 11 is 1.89. The first-order valence-corrected chi connectivity index (χ1v) is 10.8. The van der Waals surface area contributed by atoms with Gasteiger partial charge >= 0.3 is 0 Å². The Morgan fingerprint density at radius 3 is 2.30 bits per heavy atom. The molecule has 3 heterocycles. The number of anilines is 1. The third-order valence-electron chi connectivity index (χ3n) is 5.52. The third-order valence-corrected chi connectivity index (χ3v) is 6.91. The number of hydrogen-bond donors (Lipinski definition) is 0. The Hall–Kier alpha value is -1.63. The van der Waals surface area contributed by atoms with Crippen molar-refractivity contribution in [2.24, 2.45) is 0 Å². The van der Waals surface area contributed by atoms with Crippen LogP contribution in [0.15, 0.2) is 30.3 Å². The molecular formula is C21H27N3O2S. The standard InChI is InChI=1S/C21H27N3O2S/c1-16-3-5-17(6-4-16)20-22-18(21(27-2)7-11-25-12-8-21)15-19(23-20)24-9-13-26-14-10-24/h3-6,15H,7-14H2,1-2H3. The first kappa shape index (κ1) is 18.7. The zero-order chi connectivity index (χ0) is 18.7. The van der Waals surface area contributed by atoms with Crippen LogP contribution < -0.4 is 4.90 Å². The Bertz CT molecular complexity index is 769. The fourth-order valence-electron chi connectivity index (χ4n) is 3.72. The molecule has 0 saturated carbocycles. The van der Waals surface area contributed by atoms with Crippen molar-refractivity contribution in [2.45, 2.75) is 24.5 Å². The number of rotatable bonds is 4. The predicted octanol–water partition coefficient (Wildman–Crippen LogP) is 3.66. The first-order chi connectivity index (χ1) is 13.2. The molecule has 2 aliphatic heterocycles. The number of ether oxygens (including phenoxy) is 2. The van der Waals surface area contributed by atoms with Gasteiger partial charge in [-0.2, -0.15) is 11.8 Å². The third kappa shape index (κ3) is 3.98. The lowest BCUT2D eigenvalue weighted by Crippen LogP contribution is -2.37. The maximum atomic E-state index is 5.64. The molecule has 1 aromatic heterocycles. The maximum absolute atomic E-state index is 5.64. The molecule has 6 heteroatoms. The van der Waals surface area contributed by atoms with E-state index >= 15 is 0 Å². The summed E-state index contributed by atoms with van der Waals surface area (Å²) in [5.74, 6) is 1.83. The summed E-state index contributed by atoms with van der Waals surface area (Å²) in [6.07, 6.45) is 4.16. The summed E-state index contributed by atoms with van der Waals surface area (Å²) in [6, 6.07) is 10.7. The molecule has 0 aliphatic carbocycles. The number of thioether (sulfide) groups is 1. The van der Waals surface area contributed by atoms with E-state index < -0.39 is 0 Å². The minimum absolute atomic E-state index is 0.00166. The molecule has 0 spiro atoms. The fraction of sp³-hybridized carbons (Fsp3) is 0.524. The summed E-state index contributed by atoms with van der Waals surface area (Å²) in [4.78, 5) is 12.3. The van der Waals surface area contributed by atoms with Gasteiger partial charge in [0.2, 0.25) is 0 Å². The molecule has 5 nitrogen and oxygen atoms in total. The second kappa shape index (κ2) is 8.17. The molecule has 0 amide bonds. The average Bonchev–Trinajstić information content (AvgIpc) is 2.75. The highest BCUT2D eigenvalue weighted by atomic mass is 32.2. The van der Waals surface area contributed by atoms with Crippen molar-refractivity contribution in [3.05, 3.63) is 41.6 Å². The minimum atomic E-state index is 0.00166. The van der Waals surface area contributed by atoms with Gasteiger partial charge in [-0.1, -0.05) is 29.8 Å². The van der Waals surface area contributed by atoms with Gasteiger partial charge in [0.05, 0.1) is 23.7 Å². The number of aryl methyl sites for hydroxylation is 1. The van der Waals surface area contributed by atoms with Gasteiger partial charge in [-0.15, -0.1) is 0 Å². The largest absolute Gasteiger partial charge is 0.381 e. The highest BCUT2D eigenvalue weighted by molar-refractivity contribution is 7.99. The molecule has 0 N–H and O–H groups in total. The van der Waals surface area contributed by atoms with E-state index in [0.717, 1.165) is 75.3 Å². The van der Waals surface area contributed by atoms with Crippen LogP contribution in [-0.2, 0) is 14.2 Å². The van der Waals surface area contributed by atoms with Crippen LogP contribution in [0.25, 0.3) is 11.4 Å². The Kier molecular flexibility index (Phi) is 5.66. The maximum Gasteiger partial charge on any atom is 0.161 e. The Labute approximate surface area is 165 Å². The zero-order valence-electron chi connectivity index (χ0n) is 16.1. The Morgan fingerprint density at radius 2 is 1.63 bits per heavy atom. The number of benzene rings is 1. The lowest BCUT2D eigenvalue weighted by Gasteiger charge is -2.36. The second-order valence-electron chi connectivity index (χ2n) is 7.21. The molecule has 0 atom stereocenters. The van der Waals surface area contributed by atoms with Crippen molar-refractivity contribution in [1.82, 2.24) is 9.97 Å². The van der Waals surface area contributed by atoms with Gasteiger partial charge < -0.3 is 14.4 Å². The lowest BCUT2D eigenvalue weighted by molar-refractivity contribution is 0.0760. The highest BCUT2D eigenvalue weighted by Gasteiger charge is 2.36. The van der Waals surface area contributed by atoms with Gasteiger partial charge in [0.1, 0.15) is 5.82 Å². The van der Waals surface area contributed by atoms with Gasteiger partial charge in [0.25, 0.3) is 0 Å². The van der Waals surface area contributed by atoms with Gasteiger partial charge in [-0.25, -0.2) is 9.97 Å². The zero-order valence-corrected chi connectivity index (χ0v) is 16.9. The van der Waals surface area contributed by atoms with Crippen LogP contribution in [-0.4, -0.2) is 55.7 Å². The summed E-state index contributed by atoms with van der Waals surface area (Å²) in [5.41, 5.74) is 3.44. The highest BCUT2D eigenvalue weighted by Crippen LogP contribution is 2.43. The fourth-order valence-corrected chi connectivity index (χ4v) is 4.61. The van der Waals surface area contributed by atoms with Crippen molar-refractivity contribution >= 4 is 17.6 Å². The lowest BCUT2D eigenvalue weighted by atomic mass is 9.94. The molecule has 0 bridgehead atoms. The van der Waals surface area contributed by atoms with E-state index in [1.165, 1.54) is 5.56 Å².